The van der Waals surface area contributed by atoms with Crippen molar-refractivity contribution in [2.24, 2.45) is 0 Å². The Balaban J connectivity index is 1.60. The predicted molar refractivity (Wildman–Crippen MR) is 105 cm³/mol. The van der Waals surface area contributed by atoms with Gasteiger partial charge in [-0.15, -0.1) is 0 Å². The Morgan fingerprint density at radius 1 is 1.03 bits per heavy atom. The van der Waals surface area contributed by atoms with E-state index in [2.05, 4.69) is 14.9 Å². The number of fused-ring (bicyclic) bond motifs is 1. The lowest BCUT2D eigenvalue weighted by atomic mass is 10.2. The van der Waals surface area contributed by atoms with E-state index in [1.54, 1.807) is 5.48 Å². The summed E-state index contributed by atoms with van der Waals surface area (Å²) in [5.74, 6) is 1.22. The van der Waals surface area contributed by atoms with Crippen molar-refractivity contribution in [3.05, 3.63) is 6.20 Å². The van der Waals surface area contributed by atoms with Crippen LogP contribution >= 0.6 is 0 Å². The summed E-state index contributed by atoms with van der Waals surface area (Å²) in [6.45, 7) is 6.44. The van der Waals surface area contributed by atoms with Gasteiger partial charge in [0.15, 0.2) is 5.65 Å². The predicted octanol–water partition coefficient (Wildman–Crippen LogP) is 0.175. The van der Waals surface area contributed by atoms with Crippen LogP contribution in [0, 0.1) is 0 Å². The summed E-state index contributed by atoms with van der Waals surface area (Å²) < 4.78 is 12.8. The molecule has 4 heterocycles. The molecule has 0 aliphatic carbocycles. The van der Waals surface area contributed by atoms with E-state index >= 15 is 0 Å². The van der Waals surface area contributed by atoms with Crippen LogP contribution in [0.5, 0.6) is 0 Å². The molecule has 0 spiro atoms. The Morgan fingerprint density at radius 3 is 2.41 bits per heavy atom. The molecule has 0 bridgehead atoms. The summed E-state index contributed by atoms with van der Waals surface area (Å²) in [6, 6.07) is 0. The molecule has 2 aromatic rings. The highest BCUT2D eigenvalue weighted by molar-refractivity contribution is 5.88. The molecule has 2 aromatic heterocycles. The number of aryl methyl sites for hydroxylation is 1. The molecule has 11 heteroatoms. The van der Waals surface area contributed by atoms with E-state index in [-0.39, 0.29) is 12.3 Å². The Kier molecular flexibility index (Phi) is 6.37. The summed E-state index contributed by atoms with van der Waals surface area (Å²) in [7, 11) is 0. The van der Waals surface area contributed by atoms with Crippen molar-refractivity contribution in [2.45, 2.75) is 25.8 Å². The minimum Gasteiger partial charge on any atom is -0.378 e. The second-order valence-corrected chi connectivity index (χ2v) is 7.14. The molecule has 0 atom stereocenters. The number of hydroxylamine groups is 1. The number of carbonyl (C=O) groups excluding carboxylic acids is 1. The number of unbranched alkanes of at least 4 members (excludes halogenated alkanes) is 1. The van der Waals surface area contributed by atoms with Gasteiger partial charge in [-0.25, -0.2) is 10.2 Å². The molecule has 0 unspecified atom stereocenters. The number of rotatable bonds is 7. The first-order valence-electron chi connectivity index (χ1n) is 10.1. The van der Waals surface area contributed by atoms with Gasteiger partial charge >= 0.3 is 0 Å². The average Bonchev–Trinajstić information content (AvgIpc) is 3.20. The number of aromatic nitrogens is 4. The van der Waals surface area contributed by atoms with Crippen molar-refractivity contribution in [1.29, 1.82) is 0 Å². The molecule has 158 valence electrons. The second kappa shape index (κ2) is 9.33. The van der Waals surface area contributed by atoms with Gasteiger partial charge in [0, 0.05) is 39.1 Å². The maximum Gasteiger partial charge on any atom is 0.243 e. The molecule has 0 radical (unpaired) electrons. The Bertz CT molecular complexity index is 831. The summed E-state index contributed by atoms with van der Waals surface area (Å²) >= 11 is 0. The van der Waals surface area contributed by atoms with Gasteiger partial charge in [-0.3, -0.25) is 10.0 Å². The zero-order valence-electron chi connectivity index (χ0n) is 16.4. The van der Waals surface area contributed by atoms with Crippen LogP contribution in [0.25, 0.3) is 11.0 Å². The standard InChI is InChI=1S/C18H27N7O4/c26-15(22-27)3-1-2-4-25-17-14(13-19-25)16(23-5-9-28-10-6-23)20-18(21-17)24-7-11-29-12-8-24/h13,27H,1-12H2,(H,22,26). The molecular weight excluding hydrogens is 378 g/mol. The molecule has 11 nitrogen and oxygen atoms in total. The second-order valence-electron chi connectivity index (χ2n) is 7.14. The van der Waals surface area contributed by atoms with Crippen LogP contribution in [0.15, 0.2) is 6.20 Å². The third-order valence-corrected chi connectivity index (χ3v) is 5.22. The van der Waals surface area contributed by atoms with Gasteiger partial charge < -0.3 is 19.3 Å². The largest absolute Gasteiger partial charge is 0.378 e. The van der Waals surface area contributed by atoms with Crippen molar-refractivity contribution >= 4 is 28.7 Å². The number of nitrogens with zero attached hydrogens (tertiary/aromatic N) is 6. The number of ether oxygens (including phenoxy) is 2. The van der Waals surface area contributed by atoms with E-state index < -0.39 is 0 Å². The Labute approximate surface area is 168 Å². The molecule has 0 aromatic carbocycles. The van der Waals surface area contributed by atoms with Crippen molar-refractivity contribution in [3.63, 3.8) is 0 Å². The molecule has 2 fully saturated rings. The van der Waals surface area contributed by atoms with Gasteiger partial charge in [0.1, 0.15) is 5.82 Å². The van der Waals surface area contributed by atoms with Gasteiger partial charge in [-0.05, 0) is 12.8 Å². The fourth-order valence-corrected chi connectivity index (χ4v) is 3.62. The number of hydrogen-bond donors (Lipinski definition) is 2. The van der Waals surface area contributed by atoms with E-state index in [0.717, 1.165) is 49.5 Å². The Hall–Kier alpha value is -2.50. The third-order valence-electron chi connectivity index (χ3n) is 5.22. The maximum absolute atomic E-state index is 11.2. The highest BCUT2D eigenvalue weighted by Crippen LogP contribution is 2.28. The summed E-state index contributed by atoms with van der Waals surface area (Å²) in [5, 5.41) is 14.1. The molecule has 4 rings (SSSR count). The monoisotopic (exact) mass is 405 g/mol. The first-order valence-corrected chi connectivity index (χ1v) is 10.1. The fourth-order valence-electron chi connectivity index (χ4n) is 3.62. The van der Waals surface area contributed by atoms with Crippen LogP contribution < -0.4 is 15.3 Å². The fraction of sp³-hybridized carbons (Fsp3) is 0.667. The number of anilines is 2. The molecule has 1 amide bonds. The van der Waals surface area contributed by atoms with Gasteiger partial charge in [-0.1, -0.05) is 0 Å². The van der Waals surface area contributed by atoms with Crippen LogP contribution in [0.4, 0.5) is 11.8 Å². The molecule has 2 aliphatic rings. The van der Waals surface area contributed by atoms with E-state index in [0.29, 0.717) is 45.3 Å². The highest BCUT2D eigenvalue weighted by Gasteiger charge is 2.23. The Morgan fingerprint density at radius 2 is 1.72 bits per heavy atom. The first kappa shape index (κ1) is 19.8. The average molecular weight is 405 g/mol. The summed E-state index contributed by atoms with van der Waals surface area (Å²) in [6.07, 6.45) is 3.52. The van der Waals surface area contributed by atoms with Gasteiger partial charge in [-0.2, -0.15) is 15.1 Å². The summed E-state index contributed by atoms with van der Waals surface area (Å²) in [5.41, 5.74) is 2.46. The quantitative estimate of drug-likeness (QED) is 0.378. The number of nitrogens with one attached hydrogen (secondary N) is 1. The topological polar surface area (TPSA) is 118 Å². The van der Waals surface area contributed by atoms with E-state index in [1.165, 1.54) is 0 Å². The van der Waals surface area contributed by atoms with Crippen LogP contribution in [-0.4, -0.2) is 83.5 Å². The van der Waals surface area contributed by atoms with Crippen molar-refractivity contribution in [1.82, 2.24) is 25.2 Å². The molecule has 29 heavy (non-hydrogen) atoms. The number of amides is 1. The number of morpholine rings is 2. The number of hydrogen-bond acceptors (Lipinski definition) is 9. The lowest BCUT2D eigenvalue weighted by Crippen LogP contribution is -2.39. The molecule has 2 aliphatic heterocycles. The lowest BCUT2D eigenvalue weighted by Gasteiger charge is -2.31. The van der Waals surface area contributed by atoms with Crippen LogP contribution in [0.3, 0.4) is 0 Å². The van der Waals surface area contributed by atoms with Crippen LogP contribution in [0.1, 0.15) is 19.3 Å². The molecule has 2 saturated heterocycles. The molecule has 0 saturated carbocycles. The van der Waals surface area contributed by atoms with Gasteiger partial charge in [0.2, 0.25) is 11.9 Å². The lowest BCUT2D eigenvalue weighted by molar-refractivity contribution is -0.129. The summed E-state index contributed by atoms with van der Waals surface area (Å²) in [4.78, 5) is 25.3. The van der Waals surface area contributed by atoms with E-state index in [4.69, 9.17) is 24.6 Å². The third kappa shape index (κ3) is 4.57. The van der Waals surface area contributed by atoms with Gasteiger partial charge in [0.25, 0.3) is 0 Å². The zero-order chi connectivity index (χ0) is 20.1. The van der Waals surface area contributed by atoms with Crippen molar-refractivity contribution < 1.29 is 19.5 Å². The van der Waals surface area contributed by atoms with E-state index in [9.17, 15) is 4.79 Å². The maximum atomic E-state index is 11.2. The van der Waals surface area contributed by atoms with Crippen molar-refractivity contribution in [2.75, 3.05) is 62.4 Å². The zero-order valence-corrected chi connectivity index (χ0v) is 16.4. The van der Waals surface area contributed by atoms with Crippen LogP contribution in [0.2, 0.25) is 0 Å². The number of carbonyl (C=O) groups is 1. The molecular formula is C18H27N7O4. The SMILES string of the molecule is O=C(CCCCn1ncc2c(N3CCOCC3)nc(N3CCOCC3)nc21)NO. The van der Waals surface area contributed by atoms with Crippen LogP contribution in [-0.2, 0) is 20.8 Å². The van der Waals surface area contributed by atoms with Gasteiger partial charge in [0.05, 0.1) is 38.0 Å². The molecule has 2 N–H and O–H groups in total. The first-order chi connectivity index (χ1) is 14.3. The smallest absolute Gasteiger partial charge is 0.243 e. The van der Waals surface area contributed by atoms with Crippen molar-refractivity contribution in [3.8, 4) is 0 Å². The minimum atomic E-state index is -0.373. The minimum absolute atomic E-state index is 0.280. The van der Waals surface area contributed by atoms with E-state index in [1.807, 2.05) is 10.9 Å². The normalized spacial score (nSPS) is 17.7. The highest BCUT2D eigenvalue weighted by atomic mass is 16.5.